The smallest absolute Gasteiger partial charge is 0.306 e. The lowest BCUT2D eigenvalue weighted by molar-refractivity contribution is -0.150. The van der Waals surface area contributed by atoms with Crippen LogP contribution in [0, 0.1) is 23.6 Å². The van der Waals surface area contributed by atoms with Gasteiger partial charge >= 0.3 is 5.97 Å². The summed E-state index contributed by atoms with van der Waals surface area (Å²) in [5.74, 6) is -3.28. The standard InChI is InChI=1S/C25H24F3NO2/c26-19-3-1-2-16(12-19)17-4-5-20(29-15-17)6-7-22-21-8-11-25(27,28)14-18(21)13-24(22)10-9-23(30)31-24/h1-7,12,15,18,21-22H,8-11,13-14H2/b7-6+/t18-,21-,22+,24?/m1/s1. The van der Waals surface area contributed by atoms with Crippen LogP contribution in [0.5, 0.6) is 0 Å². The van der Waals surface area contributed by atoms with Gasteiger partial charge in [0.2, 0.25) is 5.92 Å². The van der Waals surface area contributed by atoms with E-state index in [9.17, 15) is 18.0 Å². The summed E-state index contributed by atoms with van der Waals surface area (Å²) in [5.41, 5.74) is 1.63. The first-order valence-electron chi connectivity index (χ1n) is 10.8. The molecule has 1 spiro atoms. The van der Waals surface area contributed by atoms with Crippen molar-refractivity contribution in [2.45, 2.75) is 50.0 Å². The molecule has 2 aliphatic carbocycles. The number of carbonyl (C=O) groups excluding carboxylic acids is 1. The summed E-state index contributed by atoms with van der Waals surface area (Å²) in [4.78, 5) is 16.4. The maximum Gasteiger partial charge on any atom is 0.306 e. The highest BCUT2D eigenvalue weighted by atomic mass is 19.3. The van der Waals surface area contributed by atoms with Gasteiger partial charge in [-0.05, 0) is 60.9 Å². The van der Waals surface area contributed by atoms with Gasteiger partial charge in [0, 0.05) is 36.9 Å². The number of pyridine rings is 1. The number of rotatable bonds is 3. The quantitative estimate of drug-likeness (QED) is 0.560. The maximum absolute atomic E-state index is 14.0. The van der Waals surface area contributed by atoms with E-state index in [1.54, 1.807) is 12.3 Å². The highest BCUT2D eigenvalue weighted by Crippen LogP contribution is 2.59. The summed E-state index contributed by atoms with van der Waals surface area (Å²) in [6.45, 7) is 0. The van der Waals surface area contributed by atoms with Crippen LogP contribution in [0.15, 0.2) is 48.7 Å². The van der Waals surface area contributed by atoms with E-state index in [-0.39, 0.29) is 42.4 Å². The molecule has 2 saturated carbocycles. The Hall–Kier alpha value is -2.63. The molecule has 6 heteroatoms. The molecule has 0 radical (unpaired) electrons. The number of hydrogen-bond acceptors (Lipinski definition) is 3. The highest BCUT2D eigenvalue weighted by molar-refractivity contribution is 5.72. The van der Waals surface area contributed by atoms with Crippen molar-refractivity contribution in [1.29, 1.82) is 0 Å². The van der Waals surface area contributed by atoms with E-state index < -0.39 is 11.5 Å². The second-order valence-corrected chi connectivity index (χ2v) is 9.13. The van der Waals surface area contributed by atoms with E-state index >= 15 is 0 Å². The lowest BCUT2D eigenvalue weighted by Crippen LogP contribution is -2.35. The molecule has 1 saturated heterocycles. The fourth-order valence-electron chi connectivity index (χ4n) is 5.80. The van der Waals surface area contributed by atoms with Crippen molar-refractivity contribution < 1.29 is 22.7 Å². The maximum atomic E-state index is 14.0. The first kappa shape index (κ1) is 20.3. The second-order valence-electron chi connectivity index (χ2n) is 9.13. The van der Waals surface area contributed by atoms with Crippen molar-refractivity contribution in [3.8, 4) is 11.1 Å². The lowest BCUT2D eigenvalue weighted by atomic mass is 9.75. The van der Waals surface area contributed by atoms with Gasteiger partial charge in [0.1, 0.15) is 11.4 Å². The molecule has 0 N–H and O–H groups in total. The van der Waals surface area contributed by atoms with Gasteiger partial charge < -0.3 is 4.74 Å². The Morgan fingerprint density at radius 1 is 1.10 bits per heavy atom. The zero-order valence-corrected chi connectivity index (χ0v) is 17.1. The number of fused-ring (bicyclic) bond motifs is 1. The summed E-state index contributed by atoms with van der Waals surface area (Å²) in [6.07, 6.45) is 7.26. The molecule has 1 aromatic carbocycles. The van der Waals surface area contributed by atoms with Crippen LogP contribution in [0.2, 0.25) is 0 Å². The lowest BCUT2D eigenvalue weighted by Gasteiger charge is -2.34. The van der Waals surface area contributed by atoms with Crippen LogP contribution in [0.25, 0.3) is 17.2 Å². The molecule has 3 fully saturated rings. The number of esters is 1. The number of halogens is 3. The second kappa shape index (κ2) is 7.50. The number of alkyl halides is 2. The van der Waals surface area contributed by atoms with Crippen molar-refractivity contribution in [2.24, 2.45) is 17.8 Å². The van der Waals surface area contributed by atoms with Gasteiger partial charge in [-0.25, -0.2) is 13.2 Å². The topological polar surface area (TPSA) is 39.2 Å². The molecule has 31 heavy (non-hydrogen) atoms. The SMILES string of the molecule is O=C1CCC2(C[C@@H]3CC(F)(F)CC[C@H]3[C@@H]2/C=C/c2ccc(-c3cccc(F)c3)cn2)O1. The van der Waals surface area contributed by atoms with Gasteiger partial charge in [-0.15, -0.1) is 0 Å². The first-order valence-corrected chi connectivity index (χ1v) is 10.8. The number of hydrogen-bond donors (Lipinski definition) is 0. The minimum atomic E-state index is -2.63. The van der Waals surface area contributed by atoms with E-state index in [4.69, 9.17) is 4.74 Å². The molecule has 3 aliphatic rings. The number of benzene rings is 1. The normalized spacial score (nSPS) is 31.8. The molecule has 1 aliphatic heterocycles. The van der Waals surface area contributed by atoms with Gasteiger partial charge in [-0.3, -0.25) is 9.78 Å². The van der Waals surface area contributed by atoms with Gasteiger partial charge in [0.25, 0.3) is 0 Å². The van der Waals surface area contributed by atoms with Crippen LogP contribution >= 0.6 is 0 Å². The Bertz CT molecular complexity index is 1020. The molecule has 1 aromatic heterocycles. The molecule has 2 heterocycles. The first-order chi connectivity index (χ1) is 14.8. The third-order valence-electron chi connectivity index (χ3n) is 7.17. The Balaban J connectivity index is 1.39. The predicted molar refractivity (Wildman–Crippen MR) is 111 cm³/mol. The number of carbonyl (C=O) groups is 1. The van der Waals surface area contributed by atoms with Crippen molar-refractivity contribution in [3.05, 3.63) is 60.2 Å². The predicted octanol–water partition coefficient (Wildman–Crippen LogP) is 6.05. The van der Waals surface area contributed by atoms with Gasteiger partial charge in [0.15, 0.2) is 0 Å². The Morgan fingerprint density at radius 2 is 1.97 bits per heavy atom. The average Bonchev–Trinajstić information content (AvgIpc) is 3.24. The van der Waals surface area contributed by atoms with Crippen LogP contribution in [0.1, 0.15) is 44.2 Å². The van der Waals surface area contributed by atoms with Crippen LogP contribution in [-0.4, -0.2) is 22.5 Å². The third-order valence-corrected chi connectivity index (χ3v) is 7.17. The molecule has 5 rings (SSSR count). The van der Waals surface area contributed by atoms with Crippen LogP contribution < -0.4 is 0 Å². The summed E-state index contributed by atoms with van der Waals surface area (Å²) in [7, 11) is 0. The van der Waals surface area contributed by atoms with E-state index in [2.05, 4.69) is 4.98 Å². The van der Waals surface area contributed by atoms with Gasteiger partial charge in [-0.2, -0.15) is 0 Å². The molecule has 0 amide bonds. The fourth-order valence-corrected chi connectivity index (χ4v) is 5.80. The number of ether oxygens (including phenoxy) is 1. The fraction of sp³-hybridized carbons (Fsp3) is 0.440. The molecular formula is C25H24F3NO2. The van der Waals surface area contributed by atoms with Crippen molar-refractivity contribution in [3.63, 3.8) is 0 Å². The van der Waals surface area contributed by atoms with Gasteiger partial charge in [0.05, 0.1) is 5.69 Å². The monoisotopic (exact) mass is 427 g/mol. The van der Waals surface area contributed by atoms with E-state index in [0.29, 0.717) is 25.7 Å². The minimum Gasteiger partial charge on any atom is -0.458 e. The molecule has 1 unspecified atom stereocenters. The largest absolute Gasteiger partial charge is 0.458 e. The van der Waals surface area contributed by atoms with Crippen LogP contribution in [0.4, 0.5) is 13.2 Å². The van der Waals surface area contributed by atoms with Crippen LogP contribution in [0.3, 0.4) is 0 Å². The highest BCUT2D eigenvalue weighted by Gasteiger charge is 2.60. The Kier molecular flexibility index (Phi) is 4.91. The van der Waals surface area contributed by atoms with E-state index in [0.717, 1.165) is 16.8 Å². The number of nitrogens with zero attached hydrogens (tertiary/aromatic N) is 1. The molecule has 162 valence electrons. The summed E-state index contributed by atoms with van der Waals surface area (Å²) in [6, 6.07) is 10.1. The third kappa shape index (κ3) is 3.88. The number of aromatic nitrogens is 1. The molecule has 3 nitrogen and oxygen atoms in total. The molecule has 4 atom stereocenters. The molecule has 0 bridgehead atoms. The zero-order valence-electron chi connectivity index (χ0n) is 17.1. The Labute approximate surface area is 179 Å². The molecular weight excluding hydrogens is 403 g/mol. The van der Waals surface area contributed by atoms with Crippen molar-refractivity contribution in [1.82, 2.24) is 4.98 Å². The zero-order chi connectivity index (χ0) is 21.6. The van der Waals surface area contributed by atoms with Crippen LogP contribution in [-0.2, 0) is 9.53 Å². The van der Waals surface area contributed by atoms with E-state index in [1.807, 2.05) is 30.4 Å². The Morgan fingerprint density at radius 3 is 2.68 bits per heavy atom. The van der Waals surface area contributed by atoms with E-state index in [1.165, 1.54) is 12.1 Å². The van der Waals surface area contributed by atoms with Crippen molar-refractivity contribution >= 4 is 12.0 Å². The minimum absolute atomic E-state index is 0.0789. The molecule has 2 aromatic rings. The van der Waals surface area contributed by atoms with Crippen molar-refractivity contribution in [2.75, 3.05) is 0 Å². The summed E-state index contributed by atoms with van der Waals surface area (Å²) >= 11 is 0. The van der Waals surface area contributed by atoms with Gasteiger partial charge in [-0.1, -0.05) is 24.3 Å². The summed E-state index contributed by atoms with van der Waals surface area (Å²) < 4.78 is 47.3. The average molecular weight is 427 g/mol. The summed E-state index contributed by atoms with van der Waals surface area (Å²) in [5, 5.41) is 0.